The maximum absolute atomic E-state index is 5.24. The highest BCUT2D eigenvalue weighted by molar-refractivity contribution is 7.16. The SMILES string of the molecule is C1=Nc2ccccc2C1.c1cc2c(cn1)OCC2.c1ccc2[nH]ccc2c1.c1ccc2ncccc2c1.c1ccc2ocnc2c1.c1ccc2scnc2c1.c1cnc2c(c1)CCC2.c1cnc2c(c1)CN=N2.c1ncc2ccoc2n1. The summed E-state index contributed by atoms with van der Waals surface area (Å²) in [5.74, 6) is 1.73. The van der Waals surface area contributed by atoms with Crippen LogP contribution in [0.25, 0.3) is 54.2 Å². The molecule has 14 aromatic rings. The van der Waals surface area contributed by atoms with Gasteiger partial charge in [-0.05, 0) is 115 Å². The van der Waals surface area contributed by atoms with Crippen LogP contribution in [0.3, 0.4) is 0 Å². The fourth-order valence-corrected chi connectivity index (χ4v) is 9.27. The molecule has 15 nitrogen and oxygen atoms in total. The molecule has 0 radical (unpaired) electrons. The number of aromatic nitrogens is 9. The molecule has 3 aliphatic heterocycles. The highest BCUT2D eigenvalue weighted by atomic mass is 32.1. The number of aryl methyl sites for hydroxylation is 2. The number of aliphatic imine (C=N–C) groups is 1. The lowest BCUT2D eigenvalue weighted by Crippen LogP contribution is -1.85. The van der Waals surface area contributed by atoms with Crippen molar-refractivity contribution in [2.45, 2.75) is 38.6 Å². The van der Waals surface area contributed by atoms with Gasteiger partial charge in [0.25, 0.3) is 0 Å². The predicted octanol–water partition coefficient (Wildman–Crippen LogP) is 16.0. The number of pyridine rings is 4. The molecule has 16 heteroatoms. The van der Waals surface area contributed by atoms with Crippen molar-refractivity contribution in [3.8, 4) is 5.75 Å². The lowest BCUT2D eigenvalue weighted by atomic mass is 10.2. The van der Waals surface area contributed by atoms with E-state index in [9.17, 15) is 0 Å². The number of thiazole rings is 1. The Morgan fingerprint density at radius 1 is 0.512 bits per heavy atom. The van der Waals surface area contributed by atoms with Gasteiger partial charge in [-0.25, -0.2) is 24.9 Å². The standard InChI is InChI=1S/C9H7N.C8H9N.2C8H7N.C7H7NO.C7H5NO.C7H5NS.C6H5N3.C6H4N2O/c1-2-6-9-8(4-1)5-3-7-10-9;1-3-7-4-2-6-9-8(7)5-1;2*1-2-4-8-7(3-1)5-6-9-8;1-3-8-5-7-6(1)2-4-9-7;2*1-2-4-7-6(3-1)8-5-9-7;1-2-5-4-8-9-6(5)7-3-1;1-2-9-6-5(1)3-7-4-8-6/h1-7H;2,4,6H,1,3,5H2;1-4,6H,5H2;1-6,9H;1,3,5H,2,4H2;2*1-5H;1-3H,4H2;1-4H. The number of ether oxygens (including phenoxy) is 1. The monoisotopic (exact) mass is 1100 g/mol. The Morgan fingerprint density at radius 2 is 1.28 bits per heavy atom. The number of H-pyrrole nitrogens is 1. The number of oxazole rings is 1. The van der Waals surface area contributed by atoms with Crippen LogP contribution in [0.5, 0.6) is 5.75 Å². The van der Waals surface area contributed by atoms with Crippen LogP contribution in [-0.4, -0.2) is 57.7 Å². The maximum Gasteiger partial charge on any atom is 0.228 e. The van der Waals surface area contributed by atoms with Gasteiger partial charge in [0, 0.05) is 84.0 Å². The highest BCUT2D eigenvalue weighted by Gasteiger charge is 2.10. The van der Waals surface area contributed by atoms with E-state index in [1.807, 2.05) is 158 Å². The molecule has 0 atom stereocenters. The van der Waals surface area contributed by atoms with Gasteiger partial charge in [0.15, 0.2) is 17.8 Å². The van der Waals surface area contributed by atoms with Gasteiger partial charge in [0.2, 0.25) is 5.71 Å². The average Bonchev–Trinajstić information content (AvgIpc) is 4.40. The Hall–Kier alpha value is -10.4. The zero-order chi connectivity index (χ0) is 55.6. The minimum Gasteiger partial charge on any atom is -0.491 e. The number of aromatic amines is 1. The third-order valence-electron chi connectivity index (χ3n) is 12.7. The fraction of sp³-hybridized carbons (Fsp3) is 0.106. The molecular formula is C66H56N12O3S. The Kier molecular flexibility index (Phi) is 19.7. The van der Waals surface area contributed by atoms with Crippen molar-refractivity contribution >= 4 is 83.3 Å². The summed E-state index contributed by atoms with van der Waals surface area (Å²) in [6.45, 7) is 1.52. The van der Waals surface area contributed by atoms with Crippen LogP contribution in [0.2, 0.25) is 0 Å². The van der Waals surface area contributed by atoms with Gasteiger partial charge in [-0.1, -0.05) is 97.1 Å². The van der Waals surface area contributed by atoms with E-state index < -0.39 is 0 Å². The molecule has 12 heterocycles. The topological polar surface area (TPSA) is 192 Å². The summed E-state index contributed by atoms with van der Waals surface area (Å²) in [5.41, 5.74) is 15.3. The molecule has 4 aliphatic rings. The van der Waals surface area contributed by atoms with Crippen molar-refractivity contribution in [1.82, 2.24) is 44.9 Å². The molecule has 5 aromatic carbocycles. The number of rotatable bonds is 0. The molecule has 9 aromatic heterocycles. The number of hydrogen-bond acceptors (Lipinski definition) is 15. The Morgan fingerprint density at radius 3 is 2.12 bits per heavy atom. The number of fused-ring (bicyclic) bond motifs is 9. The second-order valence-electron chi connectivity index (χ2n) is 18.2. The van der Waals surface area contributed by atoms with Crippen LogP contribution < -0.4 is 4.74 Å². The number of para-hydroxylation sites is 6. The average molecular weight is 1100 g/mol. The zero-order valence-electron chi connectivity index (χ0n) is 44.7. The van der Waals surface area contributed by atoms with E-state index in [0.29, 0.717) is 12.3 Å². The van der Waals surface area contributed by atoms with Gasteiger partial charge in [-0.3, -0.25) is 19.9 Å². The van der Waals surface area contributed by atoms with Crippen molar-refractivity contribution in [1.29, 1.82) is 0 Å². The van der Waals surface area contributed by atoms with Gasteiger partial charge in [-0.15, -0.1) is 16.5 Å². The van der Waals surface area contributed by atoms with Crippen LogP contribution in [-0.2, 0) is 32.2 Å². The second-order valence-corrected chi connectivity index (χ2v) is 19.1. The molecular weight excluding hydrogens is 1040 g/mol. The number of benzene rings is 5. The van der Waals surface area contributed by atoms with Crippen molar-refractivity contribution in [3.63, 3.8) is 0 Å². The van der Waals surface area contributed by atoms with Crippen LogP contribution in [0.4, 0.5) is 11.5 Å². The van der Waals surface area contributed by atoms with Gasteiger partial charge in [-0.2, -0.15) is 5.11 Å². The molecule has 18 rings (SSSR count). The molecule has 0 saturated heterocycles. The van der Waals surface area contributed by atoms with Crippen LogP contribution in [0.15, 0.2) is 268 Å². The highest BCUT2D eigenvalue weighted by Crippen LogP contribution is 2.24. The maximum atomic E-state index is 5.24. The first kappa shape index (κ1) is 54.9. The largest absolute Gasteiger partial charge is 0.491 e. The Bertz CT molecular complexity index is 3650. The lowest BCUT2D eigenvalue weighted by Gasteiger charge is -1.92. The fourth-order valence-electron chi connectivity index (χ4n) is 8.59. The molecule has 0 spiro atoms. The molecule has 404 valence electrons. The summed E-state index contributed by atoms with van der Waals surface area (Å²) in [6.07, 6.45) is 24.9. The molecule has 82 heavy (non-hydrogen) atoms. The third kappa shape index (κ3) is 15.9. The minimum absolute atomic E-state index is 0.644. The van der Waals surface area contributed by atoms with E-state index in [-0.39, 0.29) is 0 Å². The summed E-state index contributed by atoms with van der Waals surface area (Å²) < 4.78 is 16.5. The summed E-state index contributed by atoms with van der Waals surface area (Å²) in [7, 11) is 0. The van der Waals surface area contributed by atoms with E-state index in [1.165, 1.54) is 75.4 Å². The lowest BCUT2D eigenvalue weighted by molar-refractivity contribution is 0.355. The van der Waals surface area contributed by atoms with Crippen molar-refractivity contribution in [3.05, 3.63) is 272 Å². The number of nitrogens with one attached hydrogen (secondary N) is 1. The Labute approximate surface area is 477 Å². The van der Waals surface area contributed by atoms with E-state index in [1.54, 1.807) is 42.4 Å². The molecule has 0 saturated carbocycles. The van der Waals surface area contributed by atoms with E-state index in [4.69, 9.17) is 13.6 Å². The molecule has 1 N–H and O–H groups in total. The smallest absolute Gasteiger partial charge is 0.228 e. The predicted molar refractivity (Wildman–Crippen MR) is 326 cm³/mol. The summed E-state index contributed by atoms with van der Waals surface area (Å²) >= 11 is 1.68. The first-order valence-electron chi connectivity index (χ1n) is 26.6. The summed E-state index contributed by atoms with van der Waals surface area (Å²) in [6, 6.07) is 58.3. The van der Waals surface area contributed by atoms with Crippen LogP contribution >= 0.6 is 11.3 Å². The minimum atomic E-state index is 0.644. The van der Waals surface area contributed by atoms with E-state index in [0.717, 1.165) is 69.8 Å². The van der Waals surface area contributed by atoms with E-state index in [2.05, 4.69) is 109 Å². The molecule has 1 aliphatic carbocycles. The number of nitrogens with zero attached hydrogens (tertiary/aromatic N) is 11. The Balaban J connectivity index is 0.000000103. The van der Waals surface area contributed by atoms with Crippen molar-refractivity contribution in [2.24, 2.45) is 15.2 Å². The van der Waals surface area contributed by atoms with Gasteiger partial charge in [0.05, 0.1) is 57.9 Å². The van der Waals surface area contributed by atoms with E-state index >= 15 is 0 Å². The molecule has 0 bridgehead atoms. The van der Waals surface area contributed by atoms with Crippen LogP contribution in [0.1, 0.15) is 34.4 Å². The van der Waals surface area contributed by atoms with Gasteiger partial charge >= 0.3 is 0 Å². The number of furan rings is 1. The molecule has 0 unspecified atom stereocenters. The van der Waals surface area contributed by atoms with Crippen LogP contribution in [0, 0.1) is 0 Å². The van der Waals surface area contributed by atoms with Crippen molar-refractivity contribution in [2.75, 3.05) is 6.61 Å². The normalized spacial score (nSPS) is 12.0. The number of azo groups is 1. The zero-order valence-corrected chi connectivity index (χ0v) is 45.5. The first-order valence-corrected chi connectivity index (χ1v) is 27.5. The van der Waals surface area contributed by atoms with Gasteiger partial charge in [0.1, 0.15) is 17.6 Å². The number of hydrogen-bond donors (Lipinski definition) is 1. The summed E-state index contributed by atoms with van der Waals surface area (Å²) in [5, 5.41) is 11.0. The third-order valence-corrected chi connectivity index (χ3v) is 13.5. The summed E-state index contributed by atoms with van der Waals surface area (Å²) in [4.78, 5) is 39.4. The second kappa shape index (κ2) is 29.5. The van der Waals surface area contributed by atoms with Gasteiger partial charge < -0.3 is 18.6 Å². The quantitative estimate of drug-likeness (QED) is 0.152. The molecule has 0 fully saturated rings. The molecule has 0 amide bonds. The van der Waals surface area contributed by atoms with Crippen molar-refractivity contribution < 1.29 is 13.6 Å². The first-order chi connectivity index (χ1) is 40.7.